The summed E-state index contributed by atoms with van der Waals surface area (Å²) < 4.78 is 12.6. The number of ether oxygens (including phenoxy) is 2. The molecule has 194 valence electrons. The number of amides is 2. The van der Waals surface area contributed by atoms with Crippen LogP contribution in [0.4, 0.5) is 10.5 Å². The summed E-state index contributed by atoms with van der Waals surface area (Å²) in [5.74, 6) is 0.485. The molecule has 1 aliphatic carbocycles. The highest BCUT2D eigenvalue weighted by atomic mass is 16.5. The number of nitrogens with zero attached hydrogens (tertiary/aromatic N) is 3. The minimum atomic E-state index is -0.463. The van der Waals surface area contributed by atoms with E-state index < -0.39 is 6.09 Å². The first-order valence-electron chi connectivity index (χ1n) is 12.9. The van der Waals surface area contributed by atoms with Crippen molar-refractivity contribution >= 4 is 17.7 Å². The van der Waals surface area contributed by atoms with Crippen LogP contribution in [0.25, 0.3) is 11.1 Å². The van der Waals surface area contributed by atoms with Gasteiger partial charge in [0.15, 0.2) is 0 Å². The maximum atomic E-state index is 13.0. The van der Waals surface area contributed by atoms with Crippen LogP contribution >= 0.6 is 0 Å². The molecule has 5 rings (SSSR count). The number of fused-ring (bicyclic) bond motifs is 1. The fourth-order valence-electron chi connectivity index (χ4n) is 5.46. The van der Waals surface area contributed by atoms with E-state index in [9.17, 15) is 9.59 Å². The van der Waals surface area contributed by atoms with Gasteiger partial charge in [0.25, 0.3) is 0 Å². The van der Waals surface area contributed by atoms with Crippen molar-refractivity contribution in [3.63, 3.8) is 0 Å². The third-order valence-electron chi connectivity index (χ3n) is 7.41. The Balaban J connectivity index is 1.46. The number of carbonyl (C=O) groups is 2. The van der Waals surface area contributed by atoms with Crippen LogP contribution in [-0.2, 0) is 27.4 Å². The molecule has 8 nitrogen and oxygen atoms in total. The van der Waals surface area contributed by atoms with Crippen molar-refractivity contribution in [1.29, 1.82) is 0 Å². The Morgan fingerprint density at radius 3 is 2.59 bits per heavy atom. The first-order valence-corrected chi connectivity index (χ1v) is 12.9. The van der Waals surface area contributed by atoms with E-state index >= 15 is 0 Å². The van der Waals surface area contributed by atoms with Gasteiger partial charge in [0.1, 0.15) is 6.61 Å². The van der Waals surface area contributed by atoms with Crippen molar-refractivity contribution in [2.45, 2.75) is 51.9 Å². The summed E-state index contributed by atoms with van der Waals surface area (Å²) in [5, 5.41) is 7.59. The van der Waals surface area contributed by atoms with Gasteiger partial charge >= 0.3 is 6.09 Å². The van der Waals surface area contributed by atoms with E-state index in [0.29, 0.717) is 19.1 Å². The van der Waals surface area contributed by atoms with Crippen molar-refractivity contribution in [1.82, 2.24) is 15.1 Å². The van der Waals surface area contributed by atoms with Gasteiger partial charge in [-0.05, 0) is 47.6 Å². The average molecular weight is 503 g/mol. The van der Waals surface area contributed by atoms with E-state index in [0.717, 1.165) is 40.8 Å². The number of hydrogen-bond acceptors (Lipinski definition) is 5. The summed E-state index contributed by atoms with van der Waals surface area (Å²) in [6, 6.07) is 15.5. The van der Waals surface area contributed by atoms with Gasteiger partial charge in [-0.25, -0.2) is 4.79 Å². The van der Waals surface area contributed by atoms with Crippen molar-refractivity contribution in [2.24, 2.45) is 11.8 Å². The second-order valence-electron chi connectivity index (χ2n) is 10.0. The van der Waals surface area contributed by atoms with Crippen LogP contribution in [0.15, 0.2) is 60.9 Å². The van der Waals surface area contributed by atoms with Crippen molar-refractivity contribution in [2.75, 3.05) is 18.6 Å². The van der Waals surface area contributed by atoms with Gasteiger partial charge in [-0.15, -0.1) is 0 Å². The highest BCUT2D eigenvalue weighted by Gasteiger charge is 2.48. The molecule has 8 heteroatoms. The minimum Gasteiger partial charge on any atom is -0.445 e. The van der Waals surface area contributed by atoms with Crippen molar-refractivity contribution < 1.29 is 19.1 Å². The summed E-state index contributed by atoms with van der Waals surface area (Å²) in [7, 11) is 1.67. The van der Waals surface area contributed by atoms with Crippen LogP contribution in [0, 0.1) is 11.8 Å². The lowest BCUT2D eigenvalue weighted by Gasteiger charge is -2.45. The molecular formula is C29H34N4O4. The van der Waals surface area contributed by atoms with Crippen molar-refractivity contribution in [3.8, 4) is 11.1 Å². The van der Waals surface area contributed by atoms with E-state index in [2.05, 4.69) is 23.4 Å². The van der Waals surface area contributed by atoms with Crippen LogP contribution in [0.5, 0.6) is 0 Å². The number of alkyl carbamates (subject to hydrolysis) is 1. The number of methoxy groups -OCH3 is 1. The molecule has 1 fully saturated rings. The largest absolute Gasteiger partial charge is 0.445 e. The van der Waals surface area contributed by atoms with Crippen LogP contribution < -0.4 is 10.2 Å². The van der Waals surface area contributed by atoms with Crippen LogP contribution in [0.3, 0.4) is 0 Å². The minimum absolute atomic E-state index is 0.0212. The third-order valence-corrected chi connectivity index (χ3v) is 7.41. The molecule has 1 aromatic heterocycles. The first kappa shape index (κ1) is 25.0. The Morgan fingerprint density at radius 2 is 1.89 bits per heavy atom. The van der Waals surface area contributed by atoms with Gasteiger partial charge in [-0.1, -0.05) is 43.3 Å². The van der Waals surface area contributed by atoms with Crippen LogP contribution in [-0.4, -0.2) is 41.5 Å². The lowest BCUT2D eigenvalue weighted by molar-refractivity contribution is -0.117. The topological polar surface area (TPSA) is 85.7 Å². The van der Waals surface area contributed by atoms with Gasteiger partial charge in [-0.3, -0.25) is 9.48 Å². The quantitative estimate of drug-likeness (QED) is 0.471. The number of rotatable bonds is 8. The zero-order valence-electron chi connectivity index (χ0n) is 21.6. The van der Waals surface area contributed by atoms with Gasteiger partial charge in [-0.2, -0.15) is 5.10 Å². The molecule has 2 aliphatic rings. The fraction of sp³-hybridized carbons (Fsp3) is 0.414. The highest BCUT2D eigenvalue weighted by molar-refractivity contribution is 5.94. The Morgan fingerprint density at radius 1 is 1.11 bits per heavy atom. The number of nitrogens with one attached hydrogen (secondary N) is 1. The average Bonchev–Trinajstić information content (AvgIpc) is 3.63. The number of aromatic nitrogens is 2. The Labute approximate surface area is 217 Å². The molecular weight excluding hydrogens is 468 g/mol. The van der Waals surface area contributed by atoms with Gasteiger partial charge < -0.3 is 19.7 Å². The lowest BCUT2D eigenvalue weighted by Crippen LogP contribution is -2.53. The monoisotopic (exact) mass is 502 g/mol. The summed E-state index contributed by atoms with van der Waals surface area (Å²) in [6.07, 6.45) is 5.54. The maximum Gasteiger partial charge on any atom is 0.407 e. The molecule has 1 saturated carbocycles. The zero-order chi connectivity index (χ0) is 25.9. The second kappa shape index (κ2) is 10.8. The fourth-order valence-corrected chi connectivity index (χ4v) is 5.46. The maximum absolute atomic E-state index is 13.0. The van der Waals surface area contributed by atoms with E-state index in [1.807, 2.05) is 64.4 Å². The van der Waals surface area contributed by atoms with Crippen LogP contribution in [0.1, 0.15) is 43.9 Å². The molecule has 37 heavy (non-hydrogen) atoms. The molecule has 2 heterocycles. The van der Waals surface area contributed by atoms with E-state index in [4.69, 9.17) is 9.47 Å². The number of benzene rings is 2. The molecule has 3 atom stereocenters. The number of carbonyl (C=O) groups excluding carboxylic acids is 2. The molecule has 0 bridgehead atoms. The normalized spacial score (nSPS) is 20.8. The lowest BCUT2D eigenvalue weighted by atomic mass is 9.79. The predicted molar refractivity (Wildman–Crippen MR) is 141 cm³/mol. The van der Waals surface area contributed by atoms with Crippen LogP contribution in [0.2, 0.25) is 0 Å². The Hall–Kier alpha value is -3.65. The molecule has 0 radical (unpaired) electrons. The first-order chi connectivity index (χ1) is 18.0. The van der Waals surface area contributed by atoms with Gasteiger partial charge in [0.05, 0.1) is 25.4 Å². The van der Waals surface area contributed by atoms with E-state index in [-0.39, 0.29) is 30.5 Å². The van der Waals surface area contributed by atoms with Gasteiger partial charge in [0.2, 0.25) is 5.91 Å². The molecule has 2 aromatic carbocycles. The second-order valence-corrected chi connectivity index (χ2v) is 10.0. The summed E-state index contributed by atoms with van der Waals surface area (Å²) >= 11 is 0. The number of anilines is 1. The smallest absolute Gasteiger partial charge is 0.407 e. The molecule has 1 aliphatic heterocycles. The van der Waals surface area contributed by atoms with Gasteiger partial charge in [0, 0.05) is 43.4 Å². The Bertz CT molecular complexity index is 1250. The zero-order valence-corrected chi connectivity index (χ0v) is 21.6. The standard InChI is InChI=1S/C29H34N4O4/c1-19-27(31-29(35)37-18-21-7-5-4-6-8-21)25-15-23(24-16-30-32(17-24)13-14-36-3)11-12-26(25)33(20(2)34)28(19)22-9-10-22/h4-8,11-12,15-17,19,22,27-28H,9-10,13-14,18H2,1-3H3,(H,31,35)/t19-,27-,28?/m1/s1. The van der Waals surface area contributed by atoms with E-state index in [1.165, 1.54) is 0 Å². The molecule has 0 saturated heterocycles. The molecule has 1 unspecified atom stereocenters. The number of hydrogen-bond donors (Lipinski definition) is 1. The molecule has 3 aromatic rings. The summed E-state index contributed by atoms with van der Waals surface area (Å²) in [4.78, 5) is 27.8. The predicted octanol–water partition coefficient (Wildman–Crippen LogP) is 4.95. The summed E-state index contributed by atoms with van der Waals surface area (Å²) in [6.45, 7) is 5.20. The molecule has 0 spiro atoms. The molecule has 1 N–H and O–H groups in total. The Kier molecular flexibility index (Phi) is 7.28. The van der Waals surface area contributed by atoms with E-state index in [1.54, 1.807) is 14.0 Å². The third kappa shape index (κ3) is 5.39. The summed E-state index contributed by atoms with van der Waals surface area (Å²) in [5.41, 5.74) is 4.65. The SMILES string of the molecule is COCCn1cc(-c2ccc3c(c2)[C@H](NC(=O)OCc2ccccc2)[C@@H](C)C(C2CC2)N3C(C)=O)cn1. The molecule has 2 amide bonds. The van der Waals surface area contributed by atoms with Crippen molar-refractivity contribution in [3.05, 3.63) is 72.1 Å². The highest BCUT2D eigenvalue weighted by Crippen LogP contribution is 2.49.